The highest BCUT2D eigenvalue weighted by Crippen LogP contribution is 2.69. The summed E-state index contributed by atoms with van der Waals surface area (Å²) in [7, 11) is -0.276. The summed E-state index contributed by atoms with van der Waals surface area (Å²) in [4.78, 5) is 17.3. The van der Waals surface area contributed by atoms with E-state index in [9.17, 15) is 4.79 Å². The Balaban J connectivity index is 1.85. The molecule has 0 radical (unpaired) electrons. The van der Waals surface area contributed by atoms with Crippen LogP contribution in [0.25, 0.3) is 0 Å². The summed E-state index contributed by atoms with van der Waals surface area (Å²) in [6, 6.07) is 6.93. The van der Waals surface area contributed by atoms with E-state index < -0.39 is 25.6 Å². The van der Waals surface area contributed by atoms with Crippen molar-refractivity contribution >= 4 is 19.9 Å². The molecule has 4 atom stereocenters. The lowest BCUT2D eigenvalue weighted by molar-refractivity contribution is -0.142. The fraction of sp³-hybridized carbons (Fsp3) is 0.667. The number of benzene rings is 1. The number of rotatable bonds is 6. The van der Waals surface area contributed by atoms with Crippen LogP contribution in [0.15, 0.2) is 29.3 Å². The van der Waals surface area contributed by atoms with E-state index in [-0.39, 0.29) is 24.2 Å². The second-order valence-corrected chi connectivity index (χ2v) is 12.1. The summed E-state index contributed by atoms with van der Waals surface area (Å²) in [5, 5.41) is 0. The number of aliphatic imine (C=N–C) groups is 1. The highest BCUT2D eigenvalue weighted by atomic mass is 31.2. The molecular formula is C24H37N4O4P. The van der Waals surface area contributed by atoms with Crippen molar-refractivity contribution in [3.63, 3.8) is 0 Å². The number of carbonyl (C=O) groups excluding carboxylic acids is 1. The Kier molecular flexibility index (Phi) is 6.90. The SMILES string of the molecule is COC(=O)[C@H]1N=CN(P2(=O)N(C(C)C)[C@@H]3CCCC[C@H]3N2C(C)C)[C@@H]1c1ccc(OC)cc1. The van der Waals surface area contributed by atoms with Crippen LogP contribution in [0.5, 0.6) is 5.75 Å². The Labute approximate surface area is 197 Å². The van der Waals surface area contributed by atoms with Gasteiger partial charge in [0.15, 0.2) is 6.04 Å². The molecule has 0 bridgehead atoms. The minimum absolute atomic E-state index is 0.0901. The Hall–Kier alpha value is -1.89. The Morgan fingerprint density at radius 1 is 1.00 bits per heavy atom. The van der Waals surface area contributed by atoms with Crippen LogP contribution in [0.1, 0.15) is 65.0 Å². The maximum absolute atomic E-state index is 15.4. The number of nitrogens with zero attached hydrogens (tertiary/aromatic N) is 4. The van der Waals surface area contributed by atoms with Crippen molar-refractivity contribution in [1.29, 1.82) is 0 Å². The molecule has 1 saturated heterocycles. The molecular weight excluding hydrogens is 439 g/mol. The van der Waals surface area contributed by atoms with Gasteiger partial charge in [0, 0.05) is 24.2 Å². The van der Waals surface area contributed by atoms with Crippen molar-refractivity contribution in [3.05, 3.63) is 29.8 Å². The third-order valence-electron chi connectivity index (χ3n) is 7.16. The first-order valence-corrected chi connectivity index (χ1v) is 13.5. The molecule has 33 heavy (non-hydrogen) atoms. The van der Waals surface area contributed by atoms with Gasteiger partial charge in [0.25, 0.3) is 0 Å². The van der Waals surface area contributed by atoms with Crippen LogP contribution >= 0.6 is 7.59 Å². The zero-order valence-corrected chi connectivity index (χ0v) is 21.4. The molecule has 9 heteroatoms. The number of hydrogen-bond acceptors (Lipinski definition) is 5. The molecule has 2 heterocycles. The lowest BCUT2D eigenvalue weighted by Gasteiger charge is -2.43. The lowest BCUT2D eigenvalue weighted by Crippen LogP contribution is -2.43. The topological polar surface area (TPSA) is 74.7 Å². The summed E-state index contributed by atoms with van der Waals surface area (Å²) >= 11 is 0. The standard InChI is InChI=1S/C24H37N4O4P/c1-16(2)27-20-9-7-8-10-21(20)28(17(3)4)33(27,30)26-15-25-22(24(29)32-6)23(26)18-11-13-19(31-5)14-12-18/h11-17,20-23H,7-10H2,1-6H3/t20-,21-,22+,23-/m1/s1. The molecule has 0 spiro atoms. The number of fused-ring (bicyclic) bond motifs is 1. The number of ether oxygens (including phenoxy) is 2. The number of esters is 1. The molecule has 0 N–H and O–H groups in total. The van der Waals surface area contributed by atoms with Gasteiger partial charge in [-0.25, -0.2) is 14.1 Å². The number of hydrogen-bond donors (Lipinski definition) is 0. The highest BCUT2D eigenvalue weighted by molar-refractivity contribution is 7.57. The van der Waals surface area contributed by atoms with E-state index in [1.807, 2.05) is 28.9 Å². The second-order valence-electron chi connectivity index (χ2n) is 9.71. The zero-order chi connectivity index (χ0) is 23.9. The van der Waals surface area contributed by atoms with E-state index in [1.165, 1.54) is 7.11 Å². The van der Waals surface area contributed by atoms with Crippen molar-refractivity contribution in [2.24, 2.45) is 4.99 Å². The van der Waals surface area contributed by atoms with Gasteiger partial charge in [0.2, 0.25) is 0 Å². The number of methoxy groups -OCH3 is 2. The van der Waals surface area contributed by atoms with Crippen molar-refractivity contribution in [1.82, 2.24) is 14.0 Å². The van der Waals surface area contributed by atoms with E-state index in [1.54, 1.807) is 13.4 Å². The van der Waals surface area contributed by atoms with Crippen LogP contribution in [-0.4, -0.2) is 70.7 Å². The maximum atomic E-state index is 15.4. The zero-order valence-electron chi connectivity index (χ0n) is 20.5. The molecule has 1 aliphatic carbocycles. The molecule has 0 unspecified atom stereocenters. The summed E-state index contributed by atoms with van der Waals surface area (Å²) < 4.78 is 32.2. The van der Waals surface area contributed by atoms with E-state index in [4.69, 9.17) is 9.47 Å². The van der Waals surface area contributed by atoms with E-state index >= 15 is 4.57 Å². The fourth-order valence-electron chi connectivity index (χ4n) is 5.93. The third-order valence-corrected chi connectivity index (χ3v) is 10.8. The van der Waals surface area contributed by atoms with Gasteiger partial charge in [-0.15, -0.1) is 0 Å². The lowest BCUT2D eigenvalue weighted by atomic mass is 9.89. The van der Waals surface area contributed by atoms with Crippen LogP contribution in [-0.2, 0) is 14.1 Å². The van der Waals surface area contributed by atoms with E-state index in [0.29, 0.717) is 0 Å². The van der Waals surface area contributed by atoms with E-state index in [2.05, 4.69) is 42.0 Å². The third kappa shape index (κ3) is 3.90. The second kappa shape index (κ2) is 9.40. The predicted octanol–water partition coefficient (Wildman–Crippen LogP) is 4.48. The van der Waals surface area contributed by atoms with Crippen molar-refractivity contribution in [2.45, 2.75) is 89.6 Å². The Morgan fingerprint density at radius 3 is 2.00 bits per heavy atom. The summed E-state index contributed by atoms with van der Waals surface area (Å²) in [5.41, 5.74) is 0.862. The molecule has 1 saturated carbocycles. The van der Waals surface area contributed by atoms with Gasteiger partial charge in [-0.1, -0.05) is 25.0 Å². The molecule has 0 aromatic heterocycles. The molecule has 0 amide bonds. The van der Waals surface area contributed by atoms with Crippen molar-refractivity contribution < 1.29 is 18.8 Å². The van der Waals surface area contributed by atoms with Gasteiger partial charge in [-0.2, -0.15) is 0 Å². The van der Waals surface area contributed by atoms with Crippen LogP contribution in [0.2, 0.25) is 0 Å². The summed E-state index contributed by atoms with van der Waals surface area (Å²) in [5.74, 6) is 0.301. The molecule has 182 valence electrons. The van der Waals surface area contributed by atoms with Gasteiger partial charge < -0.3 is 9.47 Å². The average Bonchev–Trinajstić information content (AvgIpc) is 3.36. The molecule has 1 aromatic carbocycles. The quantitative estimate of drug-likeness (QED) is 0.443. The summed E-state index contributed by atoms with van der Waals surface area (Å²) in [6.07, 6.45) is 6.01. The van der Waals surface area contributed by atoms with Gasteiger partial charge in [0.05, 0.1) is 26.6 Å². The predicted molar refractivity (Wildman–Crippen MR) is 129 cm³/mol. The largest absolute Gasteiger partial charge is 0.497 e. The molecule has 2 aliphatic heterocycles. The first-order valence-electron chi connectivity index (χ1n) is 12.0. The first-order chi connectivity index (χ1) is 15.7. The minimum atomic E-state index is -3.27. The highest BCUT2D eigenvalue weighted by Gasteiger charge is 2.62. The number of carbonyl (C=O) groups is 1. The molecule has 8 nitrogen and oxygen atoms in total. The smallest absolute Gasteiger partial charge is 0.333 e. The fourth-order valence-corrected chi connectivity index (χ4v) is 9.94. The van der Waals surface area contributed by atoms with Crippen molar-refractivity contribution in [3.8, 4) is 5.75 Å². The average molecular weight is 477 g/mol. The first kappa shape index (κ1) is 24.2. The van der Waals surface area contributed by atoms with Crippen molar-refractivity contribution in [2.75, 3.05) is 14.2 Å². The molecule has 1 aromatic rings. The monoisotopic (exact) mass is 476 g/mol. The van der Waals surface area contributed by atoms with Crippen LogP contribution in [0, 0.1) is 0 Å². The maximum Gasteiger partial charge on any atom is 0.333 e. The van der Waals surface area contributed by atoms with E-state index in [0.717, 1.165) is 37.0 Å². The van der Waals surface area contributed by atoms with Gasteiger partial charge in [-0.3, -0.25) is 14.2 Å². The van der Waals surface area contributed by atoms with Gasteiger partial charge >= 0.3 is 13.6 Å². The minimum Gasteiger partial charge on any atom is -0.497 e. The molecule has 3 aliphatic rings. The Morgan fingerprint density at radius 2 is 1.55 bits per heavy atom. The molecule has 2 fully saturated rings. The van der Waals surface area contributed by atoms with Crippen LogP contribution in [0.3, 0.4) is 0 Å². The molecule has 4 rings (SSSR count). The van der Waals surface area contributed by atoms with Gasteiger partial charge in [0.1, 0.15) is 5.75 Å². The normalized spacial score (nSPS) is 29.6. The Bertz CT molecular complexity index is 907. The van der Waals surface area contributed by atoms with Gasteiger partial charge in [-0.05, 0) is 58.2 Å². The van der Waals surface area contributed by atoms with Crippen LogP contribution in [0.4, 0.5) is 0 Å². The van der Waals surface area contributed by atoms with Crippen LogP contribution < -0.4 is 4.74 Å². The summed E-state index contributed by atoms with van der Waals surface area (Å²) in [6.45, 7) is 8.48.